The van der Waals surface area contributed by atoms with Crippen LogP contribution < -0.4 is 19.5 Å². The van der Waals surface area contributed by atoms with E-state index >= 15 is 0 Å². The molecule has 0 aliphatic heterocycles. The van der Waals surface area contributed by atoms with Gasteiger partial charge in [0.1, 0.15) is 17.3 Å². The number of hydrogen-bond donors (Lipinski definition) is 2. The summed E-state index contributed by atoms with van der Waals surface area (Å²) in [5.41, 5.74) is 1.09. The minimum absolute atomic E-state index is 0.0940. The summed E-state index contributed by atoms with van der Waals surface area (Å²) in [7, 11) is -0.897. The van der Waals surface area contributed by atoms with Crippen LogP contribution in [0.1, 0.15) is 15.9 Å². The van der Waals surface area contributed by atoms with Crippen LogP contribution in [0, 0.1) is 5.82 Å². The Balaban J connectivity index is 1.75. The van der Waals surface area contributed by atoms with Crippen molar-refractivity contribution >= 4 is 21.6 Å². The van der Waals surface area contributed by atoms with Gasteiger partial charge in [0.05, 0.1) is 19.1 Å². The molecule has 0 aliphatic rings. The number of carbonyl (C=O) groups is 1. The Morgan fingerprint density at radius 3 is 2.39 bits per heavy atom. The maximum Gasteiger partial charge on any atom is 0.261 e. The molecule has 0 radical (unpaired) electrons. The van der Waals surface area contributed by atoms with Crippen molar-refractivity contribution in [3.05, 3.63) is 83.7 Å². The van der Waals surface area contributed by atoms with Crippen LogP contribution in [0.2, 0.25) is 0 Å². The number of methoxy groups -OCH3 is 2. The molecule has 0 aromatic heterocycles. The van der Waals surface area contributed by atoms with Crippen LogP contribution in [0.5, 0.6) is 11.5 Å². The number of carbonyl (C=O) groups excluding carboxylic acids is 1. The van der Waals surface area contributed by atoms with E-state index < -0.39 is 21.7 Å². The van der Waals surface area contributed by atoms with Crippen LogP contribution in [0.25, 0.3) is 0 Å². The number of benzene rings is 3. The Labute approximate surface area is 179 Å². The standard InChI is InChI=1S/C22H21FN2O5S/c1-29-19-10-11-21(30-2)16(12-19)14-24-22(26)15-4-3-5-20(13-15)31(27,28)25-18-8-6-17(23)7-9-18/h3-13,25H,14H2,1-2H3,(H,24,26). The van der Waals surface area contributed by atoms with Gasteiger partial charge in [-0.3, -0.25) is 9.52 Å². The first-order chi connectivity index (χ1) is 14.8. The third-order valence-electron chi connectivity index (χ3n) is 4.43. The number of anilines is 1. The summed E-state index contributed by atoms with van der Waals surface area (Å²) in [6, 6.07) is 15.7. The van der Waals surface area contributed by atoms with Gasteiger partial charge >= 0.3 is 0 Å². The fourth-order valence-electron chi connectivity index (χ4n) is 2.83. The zero-order valence-corrected chi connectivity index (χ0v) is 17.7. The molecule has 0 heterocycles. The minimum Gasteiger partial charge on any atom is -0.497 e. The maximum atomic E-state index is 13.0. The molecule has 2 N–H and O–H groups in total. The van der Waals surface area contributed by atoms with Crippen molar-refractivity contribution in [1.29, 1.82) is 0 Å². The largest absolute Gasteiger partial charge is 0.497 e. The van der Waals surface area contributed by atoms with Crippen molar-refractivity contribution in [1.82, 2.24) is 5.32 Å². The van der Waals surface area contributed by atoms with E-state index in [0.29, 0.717) is 17.1 Å². The molecule has 0 saturated carbocycles. The lowest BCUT2D eigenvalue weighted by atomic mass is 10.1. The van der Waals surface area contributed by atoms with Crippen molar-refractivity contribution in [2.45, 2.75) is 11.4 Å². The fourth-order valence-corrected chi connectivity index (χ4v) is 3.94. The molecular weight excluding hydrogens is 423 g/mol. The molecule has 7 nitrogen and oxygen atoms in total. The monoisotopic (exact) mass is 444 g/mol. The quantitative estimate of drug-likeness (QED) is 0.554. The number of nitrogens with one attached hydrogen (secondary N) is 2. The van der Waals surface area contributed by atoms with Crippen molar-refractivity contribution in [3.63, 3.8) is 0 Å². The number of sulfonamides is 1. The van der Waals surface area contributed by atoms with Gasteiger partial charge in [-0.1, -0.05) is 6.07 Å². The molecule has 3 aromatic carbocycles. The number of hydrogen-bond acceptors (Lipinski definition) is 5. The molecule has 0 spiro atoms. The summed E-state index contributed by atoms with van der Waals surface area (Å²) in [5.74, 6) is 0.268. The SMILES string of the molecule is COc1ccc(OC)c(CNC(=O)c2cccc(S(=O)(=O)Nc3ccc(F)cc3)c2)c1. The highest BCUT2D eigenvalue weighted by Gasteiger charge is 2.17. The van der Waals surface area contributed by atoms with Gasteiger partial charge in [0.15, 0.2) is 0 Å². The van der Waals surface area contributed by atoms with Crippen molar-refractivity contribution < 1.29 is 27.1 Å². The van der Waals surface area contributed by atoms with E-state index in [1.54, 1.807) is 18.2 Å². The van der Waals surface area contributed by atoms with Crippen molar-refractivity contribution in [2.75, 3.05) is 18.9 Å². The highest BCUT2D eigenvalue weighted by atomic mass is 32.2. The molecule has 3 aromatic rings. The third kappa shape index (κ3) is 5.52. The molecule has 162 valence electrons. The third-order valence-corrected chi connectivity index (χ3v) is 5.81. The van der Waals surface area contributed by atoms with Crippen LogP contribution >= 0.6 is 0 Å². The van der Waals surface area contributed by atoms with E-state index in [-0.39, 0.29) is 22.7 Å². The fraction of sp³-hybridized carbons (Fsp3) is 0.136. The number of rotatable bonds is 8. The van der Waals surface area contributed by atoms with E-state index in [1.165, 1.54) is 50.6 Å². The summed E-state index contributed by atoms with van der Waals surface area (Å²) in [5, 5.41) is 2.74. The molecule has 1 amide bonds. The van der Waals surface area contributed by atoms with Crippen LogP contribution in [-0.2, 0) is 16.6 Å². The first-order valence-corrected chi connectivity index (χ1v) is 10.7. The van der Waals surface area contributed by atoms with Gasteiger partial charge in [-0.15, -0.1) is 0 Å². The van der Waals surface area contributed by atoms with Crippen LogP contribution in [0.15, 0.2) is 71.6 Å². The van der Waals surface area contributed by atoms with E-state index in [2.05, 4.69) is 10.0 Å². The minimum atomic E-state index is -3.96. The zero-order valence-electron chi connectivity index (χ0n) is 16.9. The van der Waals surface area contributed by atoms with Crippen LogP contribution in [0.3, 0.4) is 0 Å². The lowest BCUT2D eigenvalue weighted by Crippen LogP contribution is -2.23. The molecule has 9 heteroatoms. The summed E-state index contributed by atoms with van der Waals surface area (Å²) in [4.78, 5) is 12.5. The van der Waals surface area contributed by atoms with Gasteiger partial charge in [0, 0.05) is 23.4 Å². The zero-order chi connectivity index (χ0) is 22.4. The molecule has 0 fully saturated rings. The second-order valence-electron chi connectivity index (χ2n) is 6.50. The first-order valence-electron chi connectivity index (χ1n) is 9.20. The molecule has 0 bridgehead atoms. The highest BCUT2D eigenvalue weighted by Crippen LogP contribution is 2.24. The molecule has 0 unspecified atom stereocenters. The molecule has 3 rings (SSSR count). The second-order valence-corrected chi connectivity index (χ2v) is 8.18. The number of amides is 1. The second kappa shape index (κ2) is 9.48. The molecule has 0 saturated heterocycles. The lowest BCUT2D eigenvalue weighted by molar-refractivity contribution is 0.0950. The smallest absolute Gasteiger partial charge is 0.261 e. The summed E-state index contributed by atoms with van der Waals surface area (Å²) in [6.07, 6.45) is 0. The van der Waals surface area contributed by atoms with E-state index in [0.717, 1.165) is 12.1 Å². The van der Waals surface area contributed by atoms with Gasteiger partial charge in [0.25, 0.3) is 15.9 Å². The lowest BCUT2D eigenvalue weighted by Gasteiger charge is -2.12. The summed E-state index contributed by atoms with van der Waals surface area (Å²) in [6.45, 7) is 0.157. The topological polar surface area (TPSA) is 93.7 Å². The first kappa shape index (κ1) is 22.1. The predicted molar refractivity (Wildman–Crippen MR) is 114 cm³/mol. The molecular formula is C22H21FN2O5S. The predicted octanol–water partition coefficient (Wildman–Crippen LogP) is 3.57. The highest BCUT2D eigenvalue weighted by molar-refractivity contribution is 7.92. The van der Waals surface area contributed by atoms with Crippen molar-refractivity contribution in [3.8, 4) is 11.5 Å². The van der Waals surface area contributed by atoms with Gasteiger partial charge in [-0.25, -0.2) is 12.8 Å². The molecule has 0 aliphatic carbocycles. The summed E-state index contributed by atoms with van der Waals surface area (Å²) >= 11 is 0. The Bertz CT molecular complexity index is 1180. The van der Waals surface area contributed by atoms with Gasteiger partial charge < -0.3 is 14.8 Å². The number of ether oxygens (including phenoxy) is 2. The van der Waals surface area contributed by atoms with E-state index in [9.17, 15) is 17.6 Å². The van der Waals surface area contributed by atoms with Crippen LogP contribution in [-0.4, -0.2) is 28.5 Å². The van der Waals surface area contributed by atoms with E-state index in [4.69, 9.17) is 9.47 Å². The Morgan fingerprint density at radius 2 is 1.71 bits per heavy atom. The van der Waals surface area contributed by atoms with Crippen LogP contribution in [0.4, 0.5) is 10.1 Å². The maximum absolute atomic E-state index is 13.0. The molecule has 31 heavy (non-hydrogen) atoms. The van der Waals surface area contributed by atoms with E-state index in [1.807, 2.05) is 0 Å². The van der Waals surface area contributed by atoms with Crippen molar-refractivity contribution in [2.24, 2.45) is 0 Å². The average molecular weight is 444 g/mol. The van der Waals surface area contributed by atoms with Gasteiger partial charge in [-0.2, -0.15) is 0 Å². The summed E-state index contributed by atoms with van der Waals surface area (Å²) < 4.78 is 51.1. The van der Waals surface area contributed by atoms with Gasteiger partial charge in [-0.05, 0) is 60.7 Å². The number of halogens is 1. The van der Waals surface area contributed by atoms with Gasteiger partial charge in [0.2, 0.25) is 0 Å². The normalized spacial score (nSPS) is 10.9. The Hall–Kier alpha value is -3.59. The average Bonchev–Trinajstić information content (AvgIpc) is 2.78. The Kier molecular flexibility index (Phi) is 6.76. The molecule has 0 atom stereocenters. The Morgan fingerprint density at radius 1 is 0.968 bits per heavy atom.